The lowest BCUT2D eigenvalue weighted by Gasteiger charge is -2.32. The molecule has 0 unspecified atom stereocenters. The number of carbonyl (C=O) groups is 1. The van der Waals surface area contributed by atoms with Gasteiger partial charge in [0.2, 0.25) is 11.9 Å². The molecule has 2 aromatic rings. The molecule has 1 aliphatic heterocycles. The molecule has 1 aromatic carbocycles. The summed E-state index contributed by atoms with van der Waals surface area (Å²) < 4.78 is 13.6. The lowest BCUT2D eigenvalue weighted by molar-refractivity contribution is -0.122. The molecule has 0 aliphatic carbocycles. The number of carbonyl (C=O) groups excluding carboxylic acids is 1. The fourth-order valence-electron chi connectivity index (χ4n) is 3.30. The number of halogens is 1. The van der Waals surface area contributed by atoms with Crippen LogP contribution in [0.5, 0.6) is 0 Å². The SMILES string of the molecule is CCNc1nccc(N2CCC(CC(=O)NCc3ccccc3F)CC2)n1. The Morgan fingerprint density at radius 2 is 2.04 bits per heavy atom. The topological polar surface area (TPSA) is 70.2 Å². The van der Waals surface area contributed by atoms with Crippen LogP contribution in [-0.4, -0.2) is 35.5 Å². The number of hydrogen-bond donors (Lipinski definition) is 2. The number of hydrogen-bond acceptors (Lipinski definition) is 5. The number of piperidine rings is 1. The summed E-state index contributed by atoms with van der Waals surface area (Å²) in [6.07, 6.45) is 4.12. The molecule has 1 aromatic heterocycles. The minimum atomic E-state index is -0.284. The van der Waals surface area contributed by atoms with Gasteiger partial charge < -0.3 is 15.5 Å². The first-order valence-electron chi connectivity index (χ1n) is 9.47. The molecule has 2 heterocycles. The Balaban J connectivity index is 1.44. The van der Waals surface area contributed by atoms with Gasteiger partial charge in [-0.05, 0) is 37.8 Å². The minimum Gasteiger partial charge on any atom is -0.356 e. The van der Waals surface area contributed by atoms with Crippen molar-refractivity contribution in [2.24, 2.45) is 5.92 Å². The van der Waals surface area contributed by atoms with Crippen LogP contribution in [0.4, 0.5) is 16.2 Å². The number of nitrogens with zero attached hydrogens (tertiary/aromatic N) is 3. The zero-order valence-electron chi connectivity index (χ0n) is 15.6. The van der Waals surface area contributed by atoms with Crippen molar-refractivity contribution < 1.29 is 9.18 Å². The summed E-state index contributed by atoms with van der Waals surface area (Å²) >= 11 is 0. The molecule has 0 spiro atoms. The van der Waals surface area contributed by atoms with E-state index in [2.05, 4.69) is 25.5 Å². The number of rotatable bonds is 7. The van der Waals surface area contributed by atoms with Gasteiger partial charge in [0.1, 0.15) is 11.6 Å². The highest BCUT2D eigenvalue weighted by molar-refractivity contribution is 5.76. The van der Waals surface area contributed by atoms with E-state index in [0.29, 0.717) is 23.9 Å². The van der Waals surface area contributed by atoms with E-state index in [4.69, 9.17) is 0 Å². The first-order chi connectivity index (χ1) is 13.2. The Kier molecular flexibility index (Phi) is 6.57. The largest absolute Gasteiger partial charge is 0.356 e. The van der Waals surface area contributed by atoms with Crippen molar-refractivity contribution in [1.82, 2.24) is 15.3 Å². The Morgan fingerprint density at radius 3 is 2.78 bits per heavy atom. The van der Waals surface area contributed by atoms with Gasteiger partial charge >= 0.3 is 0 Å². The van der Waals surface area contributed by atoms with Crippen LogP contribution in [0.1, 0.15) is 31.7 Å². The molecular formula is C20H26FN5O. The average Bonchev–Trinajstić information content (AvgIpc) is 2.68. The molecule has 0 radical (unpaired) electrons. The van der Waals surface area contributed by atoms with Crippen molar-refractivity contribution in [3.8, 4) is 0 Å². The first-order valence-corrected chi connectivity index (χ1v) is 9.47. The summed E-state index contributed by atoms with van der Waals surface area (Å²) in [6.45, 7) is 4.77. The second kappa shape index (κ2) is 9.30. The van der Waals surface area contributed by atoms with Crippen LogP contribution in [0.2, 0.25) is 0 Å². The van der Waals surface area contributed by atoms with Crippen molar-refractivity contribution in [1.29, 1.82) is 0 Å². The predicted octanol–water partition coefficient (Wildman–Crippen LogP) is 2.97. The Morgan fingerprint density at radius 1 is 1.26 bits per heavy atom. The number of nitrogens with one attached hydrogen (secondary N) is 2. The zero-order chi connectivity index (χ0) is 19.1. The van der Waals surface area contributed by atoms with Gasteiger partial charge in [0.15, 0.2) is 0 Å². The second-order valence-corrected chi connectivity index (χ2v) is 6.77. The van der Waals surface area contributed by atoms with Gasteiger partial charge in [0, 0.05) is 44.4 Å². The van der Waals surface area contributed by atoms with Gasteiger partial charge in [-0.2, -0.15) is 4.98 Å². The van der Waals surface area contributed by atoms with E-state index in [9.17, 15) is 9.18 Å². The molecule has 6 nitrogen and oxygen atoms in total. The van der Waals surface area contributed by atoms with Gasteiger partial charge in [0.05, 0.1) is 0 Å². The summed E-state index contributed by atoms with van der Waals surface area (Å²) in [4.78, 5) is 23.2. The van der Waals surface area contributed by atoms with Crippen LogP contribution in [0, 0.1) is 11.7 Å². The molecule has 27 heavy (non-hydrogen) atoms. The van der Waals surface area contributed by atoms with Crippen molar-refractivity contribution in [3.05, 3.63) is 47.9 Å². The molecule has 3 rings (SSSR count). The highest BCUT2D eigenvalue weighted by atomic mass is 19.1. The maximum Gasteiger partial charge on any atom is 0.224 e. The van der Waals surface area contributed by atoms with Gasteiger partial charge in [-0.3, -0.25) is 4.79 Å². The molecule has 1 fully saturated rings. The van der Waals surface area contributed by atoms with E-state index in [0.717, 1.165) is 38.3 Å². The molecule has 2 N–H and O–H groups in total. The third-order valence-corrected chi connectivity index (χ3v) is 4.82. The molecule has 0 bridgehead atoms. The normalized spacial score (nSPS) is 14.8. The van der Waals surface area contributed by atoms with E-state index < -0.39 is 0 Å². The van der Waals surface area contributed by atoms with Crippen LogP contribution < -0.4 is 15.5 Å². The lowest BCUT2D eigenvalue weighted by atomic mass is 9.93. The summed E-state index contributed by atoms with van der Waals surface area (Å²) in [7, 11) is 0. The van der Waals surface area contributed by atoms with Crippen LogP contribution in [-0.2, 0) is 11.3 Å². The van der Waals surface area contributed by atoms with Crippen LogP contribution in [0.25, 0.3) is 0 Å². The van der Waals surface area contributed by atoms with E-state index >= 15 is 0 Å². The molecule has 0 saturated carbocycles. The highest BCUT2D eigenvalue weighted by Crippen LogP contribution is 2.24. The number of anilines is 2. The van der Waals surface area contributed by atoms with Crippen molar-refractivity contribution >= 4 is 17.7 Å². The highest BCUT2D eigenvalue weighted by Gasteiger charge is 2.22. The fraction of sp³-hybridized carbons (Fsp3) is 0.450. The third-order valence-electron chi connectivity index (χ3n) is 4.82. The average molecular weight is 371 g/mol. The first kappa shape index (κ1) is 19.1. The third kappa shape index (κ3) is 5.39. The molecule has 1 saturated heterocycles. The van der Waals surface area contributed by atoms with Gasteiger partial charge in [-0.1, -0.05) is 18.2 Å². The second-order valence-electron chi connectivity index (χ2n) is 6.77. The summed E-state index contributed by atoms with van der Waals surface area (Å²) in [5, 5.41) is 5.95. The Labute approximate surface area is 159 Å². The minimum absolute atomic E-state index is 0.0202. The maximum atomic E-state index is 13.6. The molecule has 0 atom stereocenters. The Hall–Kier alpha value is -2.70. The molecule has 144 valence electrons. The maximum absolute atomic E-state index is 13.6. The summed E-state index contributed by atoms with van der Waals surface area (Å²) in [6, 6.07) is 8.44. The molecule has 1 aliphatic rings. The fourth-order valence-corrected chi connectivity index (χ4v) is 3.30. The van der Waals surface area contributed by atoms with E-state index in [1.807, 2.05) is 13.0 Å². The van der Waals surface area contributed by atoms with Crippen molar-refractivity contribution in [2.45, 2.75) is 32.7 Å². The van der Waals surface area contributed by atoms with Gasteiger partial charge in [-0.15, -0.1) is 0 Å². The van der Waals surface area contributed by atoms with E-state index in [1.165, 1.54) is 6.07 Å². The summed E-state index contributed by atoms with van der Waals surface area (Å²) in [5.74, 6) is 1.60. The monoisotopic (exact) mass is 371 g/mol. The van der Waals surface area contributed by atoms with Crippen LogP contribution in [0.15, 0.2) is 36.5 Å². The zero-order valence-corrected chi connectivity index (χ0v) is 15.6. The Bertz CT molecular complexity index is 762. The van der Waals surface area contributed by atoms with Crippen molar-refractivity contribution in [2.75, 3.05) is 29.9 Å². The smallest absolute Gasteiger partial charge is 0.224 e. The molecule has 1 amide bonds. The number of benzene rings is 1. The molecular weight excluding hydrogens is 345 g/mol. The lowest BCUT2D eigenvalue weighted by Crippen LogP contribution is -2.36. The van der Waals surface area contributed by atoms with Crippen LogP contribution >= 0.6 is 0 Å². The quantitative estimate of drug-likeness (QED) is 0.783. The van der Waals surface area contributed by atoms with Crippen LogP contribution in [0.3, 0.4) is 0 Å². The predicted molar refractivity (Wildman–Crippen MR) is 104 cm³/mol. The number of amides is 1. The standard InChI is InChI=1S/C20H26FN5O/c1-2-22-20-23-10-7-18(25-20)26-11-8-15(9-12-26)13-19(27)24-14-16-5-3-4-6-17(16)21/h3-7,10,15H,2,8-9,11-14H2,1H3,(H,24,27)(H,22,23,25). The van der Waals surface area contributed by atoms with Gasteiger partial charge in [-0.25, -0.2) is 9.37 Å². The number of aromatic nitrogens is 2. The molecule has 7 heteroatoms. The van der Waals surface area contributed by atoms with E-state index in [-0.39, 0.29) is 18.3 Å². The summed E-state index contributed by atoms with van der Waals surface area (Å²) in [5.41, 5.74) is 0.515. The van der Waals surface area contributed by atoms with E-state index in [1.54, 1.807) is 24.4 Å². The van der Waals surface area contributed by atoms with Crippen molar-refractivity contribution in [3.63, 3.8) is 0 Å². The van der Waals surface area contributed by atoms with Gasteiger partial charge in [0.25, 0.3) is 0 Å².